The molecule has 1 aliphatic heterocycles. The maximum absolute atomic E-state index is 5.92. The Morgan fingerprint density at radius 3 is 2.32 bits per heavy atom. The Bertz CT molecular complexity index is 787. The first-order valence-corrected chi connectivity index (χ1v) is 10.5. The number of thiocarbonyl (C=S) groups is 1. The molecule has 0 radical (unpaired) electrons. The molecule has 0 spiro atoms. The van der Waals surface area contributed by atoms with E-state index in [0.717, 1.165) is 46.5 Å². The minimum atomic E-state index is 0.449. The summed E-state index contributed by atoms with van der Waals surface area (Å²) in [5, 5.41) is 0. The van der Waals surface area contributed by atoms with Crippen LogP contribution in [-0.4, -0.2) is 42.8 Å². The number of hydrogen-bond donors (Lipinski definition) is 0. The summed E-state index contributed by atoms with van der Waals surface area (Å²) in [6, 6.07) is 14.0. The van der Waals surface area contributed by atoms with Gasteiger partial charge in [0.25, 0.3) is 0 Å². The van der Waals surface area contributed by atoms with Crippen LogP contribution in [0.3, 0.4) is 0 Å². The second-order valence-electron chi connectivity index (χ2n) is 6.91. The summed E-state index contributed by atoms with van der Waals surface area (Å²) in [5.74, 6) is 2.34. The van der Waals surface area contributed by atoms with E-state index in [4.69, 9.17) is 26.4 Å². The van der Waals surface area contributed by atoms with Crippen LogP contribution in [0.1, 0.15) is 37.3 Å². The van der Waals surface area contributed by atoms with Crippen molar-refractivity contribution < 1.29 is 14.2 Å². The molecule has 28 heavy (non-hydrogen) atoms. The number of benzene rings is 2. The quantitative estimate of drug-likeness (QED) is 0.460. The van der Waals surface area contributed by atoms with Crippen molar-refractivity contribution in [3.63, 3.8) is 0 Å². The van der Waals surface area contributed by atoms with E-state index in [1.807, 2.05) is 56.3 Å². The molecule has 0 unspecified atom stereocenters. The number of rotatable bonds is 8. The molecule has 2 aromatic rings. The molecule has 2 aromatic carbocycles. The summed E-state index contributed by atoms with van der Waals surface area (Å²) in [6.07, 6.45) is 3.71. The van der Waals surface area contributed by atoms with Gasteiger partial charge in [0, 0.05) is 18.7 Å². The zero-order chi connectivity index (χ0) is 19.8. The molecule has 4 nitrogen and oxygen atoms in total. The maximum Gasteiger partial charge on any atom is 0.161 e. The molecule has 5 heteroatoms. The number of piperidine rings is 1. The van der Waals surface area contributed by atoms with Crippen molar-refractivity contribution in [1.29, 1.82) is 0 Å². The molecule has 0 amide bonds. The standard InChI is InChI=1S/C23H29NO3S/c1-3-25-22-17-19(23(28)24-13-7-4-8-14-24)11-12-21(22)27-16-15-26-20-10-6-5-9-18(20)2/h5-6,9-12,17H,3-4,7-8,13-16H2,1-2H3. The van der Waals surface area contributed by atoms with Gasteiger partial charge >= 0.3 is 0 Å². The lowest BCUT2D eigenvalue weighted by Gasteiger charge is -2.29. The lowest BCUT2D eigenvalue weighted by atomic mass is 10.1. The van der Waals surface area contributed by atoms with E-state index in [0.29, 0.717) is 19.8 Å². The van der Waals surface area contributed by atoms with E-state index in [1.54, 1.807) is 0 Å². The SMILES string of the molecule is CCOc1cc(C(=S)N2CCCCC2)ccc1OCCOc1ccccc1C. The predicted molar refractivity (Wildman–Crippen MR) is 117 cm³/mol. The average molecular weight is 400 g/mol. The molecule has 0 aliphatic carbocycles. The number of likely N-dealkylation sites (tertiary alicyclic amines) is 1. The lowest BCUT2D eigenvalue weighted by molar-refractivity contribution is 0.207. The van der Waals surface area contributed by atoms with Crippen molar-refractivity contribution in [2.45, 2.75) is 33.1 Å². The molecule has 0 atom stereocenters. The summed E-state index contributed by atoms with van der Waals surface area (Å²) in [6.45, 7) is 7.59. The Hall–Kier alpha value is -2.27. The van der Waals surface area contributed by atoms with Gasteiger partial charge in [-0.3, -0.25) is 0 Å². The van der Waals surface area contributed by atoms with Crippen LogP contribution in [0.2, 0.25) is 0 Å². The first-order chi connectivity index (χ1) is 13.7. The van der Waals surface area contributed by atoms with Crippen molar-refractivity contribution in [1.82, 2.24) is 4.90 Å². The monoisotopic (exact) mass is 399 g/mol. The van der Waals surface area contributed by atoms with Crippen LogP contribution in [0.5, 0.6) is 17.2 Å². The zero-order valence-electron chi connectivity index (χ0n) is 16.8. The summed E-state index contributed by atoms with van der Waals surface area (Å²) in [4.78, 5) is 3.19. The van der Waals surface area contributed by atoms with Gasteiger partial charge < -0.3 is 19.1 Å². The van der Waals surface area contributed by atoms with Gasteiger partial charge in [0.15, 0.2) is 11.5 Å². The van der Waals surface area contributed by atoms with E-state index >= 15 is 0 Å². The van der Waals surface area contributed by atoms with E-state index in [-0.39, 0.29) is 0 Å². The van der Waals surface area contributed by atoms with Gasteiger partial charge in [0.1, 0.15) is 24.0 Å². The van der Waals surface area contributed by atoms with Crippen molar-refractivity contribution >= 4 is 17.2 Å². The molecular formula is C23H29NO3S. The minimum absolute atomic E-state index is 0.449. The highest BCUT2D eigenvalue weighted by Crippen LogP contribution is 2.30. The number of ether oxygens (including phenoxy) is 3. The highest BCUT2D eigenvalue weighted by atomic mass is 32.1. The zero-order valence-corrected chi connectivity index (χ0v) is 17.6. The molecule has 1 aliphatic rings. The number of nitrogens with zero attached hydrogens (tertiary/aromatic N) is 1. The van der Waals surface area contributed by atoms with Gasteiger partial charge in [-0.15, -0.1) is 0 Å². The van der Waals surface area contributed by atoms with Gasteiger partial charge in [-0.2, -0.15) is 0 Å². The molecule has 0 N–H and O–H groups in total. The fourth-order valence-corrected chi connectivity index (χ4v) is 3.64. The molecule has 150 valence electrons. The highest BCUT2D eigenvalue weighted by Gasteiger charge is 2.17. The Morgan fingerprint density at radius 2 is 1.61 bits per heavy atom. The van der Waals surface area contributed by atoms with Gasteiger partial charge in [-0.1, -0.05) is 30.4 Å². The van der Waals surface area contributed by atoms with Gasteiger partial charge in [0.05, 0.1) is 6.61 Å². The fraction of sp³-hybridized carbons (Fsp3) is 0.435. The van der Waals surface area contributed by atoms with Crippen molar-refractivity contribution in [2.75, 3.05) is 32.9 Å². The van der Waals surface area contributed by atoms with Crippen LogP contribution in [0.4, 0.5) is 0 Å². The Kier molecular flexibility index (Phi) is 7.54. The topological polar surface area (TPSA) is 30.9 Å². The second kappa shape index (κ2) is 10.3. The van der Waals surface area contributed by atoms with E-state index < -0.39 is 0 Å². The highest BCUT2D eigenvalue weighted by molar-refractivity contribution is 7.80. The van der Waals surface area contributed by atoms with Crippen LogP contribution in [0, 0.1) is 6.92 Å². The van der Waals surface area contributed by atoms with E-state index in [9.17, 15) is 0 Å². The first-order valence-electron chi connectivity index (χ1n) is 10.1. The lowest BCUT2D eigenvalue weighted by Crippen LogP contribution is -2.34. The molecule has 0 aromatic heterocycles. The average Bonchev–Trinajstić information content (AvgIpc) is 2.73. The third-order valence-electron chi connectivity index (χ3n) is 4.83. The third kappa shape index (κ3) is 5.38. The second-order valence-corrected chi connectivity index (χ2v) is 7.30. The normalized spacial score (nSPS) is 13.9. The minimum Gasteiger partial charge on any atom is -0.490 e. The summed E-state index contributed by atoms with van der Waals surface area (Å²) >= 11 is 5.71. The summed E-state index contributed by atoms with van der Waals surface area (Å²) < 4.78 is 17.5. The van der Waals surface area contributed by atoms with Gasteiger partial charge in [0.2, 0.25) is 0 Å². The van der Waals surface area contributed by atoms with E-state index in [2.05, 4.69) is 4.90 Å². The third-order valence-corrected chi connectivity index (χ3v) is 5.32. The fourth-order valence-electron chi connectivity index (χ4n) is 3.33. The number of para-hydroxylation sites is 1. The summed E-state index contributed by atoms with van der Waals surface area (Å²) in [7, 11) is 0. The molecule has 1 heterocycles. The van der Waals surface area contributed by atoms with Gasteiger partial charge in [-0.25, -0.2) is 0 Å². The van der Waals surface area contributed by atoms with Crippen molar-refractivity contribution in [3.05, 3.63) is 53.6 Å². The smallest absolute Gasteiger partial charge is 0.161 e. The predicted octanol–water partition coefficient (Wildman–Crippen LogP) is 5.01. The Morgan fingerprint density at radius 1 is 0.893 bits per heavy atom. The molecule has 0 bridgehead atoms. The van der Waals surface area contributed by atoms with Crippen LogP contribution >= 0.6 is 12.2 Å². The molecule has 0 saturated carbocycles. The molecular weight excluding hydrogens is 370 g/mol. The largest absolute Gasteiger partial charge is 0.490 e. The number of aryl methyl sites for hydroxylation is 1. The Balaban J connectivity index is 1.60. The van der Waals surface area contributed by atoms with Crippen molar-refractivity contribution in [2.24, 2.45) is 0 Å². The Labute approximate surface area is 173 Å². The van der Waals surface area contributed by atoms with Crippen molar-refractivity contribution in [3.8, 4) is 17.2 Å². The molecule has 3 rings (SSSR count). The number of hydrogen-bond acceptors (Lipinski definition) is 4. The summed E-state index contributed by atoms with van der Waals surface area (Å²) in [5.41, 5.74) is 2.14. The van der Waals surface area contributed by atoms with Gasteiger partial charge in [-0.05, 0) is 62.9 Å². The van der Waals surface area contributed by atoms with Crippen LogP contribution < -0.4 is 14.2 Å². The van der Waals surface area contributed by atoms with Crippen LogP contribution in [0.25, 0.3) is 0 Å². The van der Waals surface area contributed by atoms with Crippen LogP contribution in [-0.2, 0) is 0 Å². The van der Waals surface area contributed by atoms with E-state index in [1.165, 1.54) is 19.3 Å². The first kappa shape index (κ1) is 20.5. The van der Waals surface area contributed by atoms with Crippen LogP contribution in [0.15, 0.2) is 42.5 Å². The molecule has 1 saturated heterocycles. The maximum atomic E-state index is 5.92. The molecule has 1 fully saturated rings.